The van der Waals surface area contributed by atoms with Gasteiger partial charge in [0.25, 0.3) is 5.09 Å². The fraction of sp³-hybridized carbons (Fsp3) is 0.333. The molecule has 0 bridgehead atoms. The van der Waals surface area contributed by atoms with Crippen LogP contribution in [-0.4, -0.2) is 60.4 Å². The third-order valence-corrected chi connectivity index (χ3v) is 6.50. The molecular formula is C27H28ClN7O6. The van der Waals surface area contributed by atoms with Gasteiger partial charge in [0.1, 0.15) is 11.5 Å². The van der Waals surface area contributed by atoms with Crippen LogP contribution in [0.3, 0.4) is 0 Å². The molecule has 0 saturated heterocycles. The lowest BCUT2D eigenvalue weighted by atomic mass is 9.98. The van der Waals surface area contributed by atoms with E-state index in [1.165, 1.54) is 0 Å². The summed E-state index contributed by atoms with van der Waals surface area (Å²) in [6.45, 7) is 2.50. The smallest absolute Gasteiger partial charge is 0.447 e. The molecule has 0 unspecified atom stereocenters. The van der Waals surface area contributed by atoms with Crippen LogP contribution in [0.15, 0.2) is 48.5 Å². The van der Waals surface area contributed by atoms with Crippen LogP contribution in [0.5, 0.6) is 0 Å². The van der Waals surface area contributed by atoms with Crippen molar-refractivity contribution in [2.75, 3.05) is 13.2 Å². The van der Waals surface area contributed by atoms with E-state index >= 15 is 0 Å². The predicted octanol–water partition coefficient (Wildman–Crippen LogP) is 5.03. The molecule has 4 aromatic rings. The Bertz CT molecular complexity index is 1500. The predicted molar refractivity (Wildman–Crippen MR) is 148 cm³/mol. The van der Waals surface area contributed by atoms with Gasteiger partial charge < -0.3 is 14.1 Å². The van der Waals surface area contributed by atoms with Crippen LogP contribution in [0.4, 0.5) is 4.79 Å². The van der Waals surface area contributed by atoms with E-state index in [-0.39, 0.29) is 24.2 Å². The fourth-order valence-electron chi connectivity index (χ4n) is 4.16. The first-order valence-electron chi connectivity index (χ1n) is 13.0. The maximum Gasteiger partial charge on any atom is 0.453 e. The van der Waals surface area contributed by atoms with Crippen molar-refractivity contribution in [3.05, 3.63) is 80.9 Å². The Hall–Kier alpha value is -4.65. The Morgan fingerprint density at radius 3 is 2.51 bits per heavy atom. The number of ether oxygens (including phenoxy) is 1. The lowest BCUT2D eigenvalue weighted by Crippen LogP contribution is -2.17. The summed E-state index contributed by atoms with van der Waals surface area (Å²) < 4.78 is 6.96. The Morgan fingerprint density at radius 2 is 1.80 bits per heavy atom. The number of rotatable bonds is 14. The van der Waals surface area contributed by atoms with E-state index in [1.807, 2.05) is 53.1 Å². The molecule has 14 heteroatoms. The number of nitrogens with zero attached hydrogens (tertiary/aromatic N) is 7. The summed E-state index contributed by atoms with van der Waals surface area (Å²) in [6, 6.07) is 15.3. The molecule has 2 heterocycles. The Labute approximate surface area is 240 Å². The van der Waals surface area contributed by atoms with Crippen molar-refractivity contribution in [2.24, 2.45) is 0 Å². The number of imidazole rings is 1. The first kappa shape index (κ1) is 29.3. The molecule has 4 rings (SSSR count). The molecule has 0 aliphatic carbocycles. The molecule has 0 spiro atoms. The minimum Gasteiger partial charge on any atom is -0.447 e. The molecule has 2 aromatic carbocycles. The summed E-state index contributed by atoms with van der Waals surface area (Å²) in [6.07, 6.45) is 3.33. The van der Waals surface area contributed by atoms with Crippen LogP contribution >= 0.6 is 11.6 Å². The van der Waals surface area contributed by atoms with E-state index in [0.29, 0.717) is 30.6 Å². The van der Waals surface area contributed by atoms with E-state index in [0.717, 1.165) is 52.9 Å². The van der Waals surface area contributed by atoms with Gasteiger partial charge in [-0.3, -0.25) is 4.79 Å². The number of carbonyl (C=O) groups excluding carboxylic acids is 2. The van der Waals surface area contributed by atoms with Crippen molar-refractivity contribution < 1.29 is 24.3 Å². The molecule has 2 aromatic heterocycles. The second-order valence-electron chi connectivity index (χ2n) is 9.03. The summed E-state index contributed by atoms with van der Waals surface area (Å²) in [5.41, 5.74) is 3.73. The first-order chi connectivity index (χ1) is 19.9. The minimum atomic E-state index is -0.870. The van der Waals surface area contributed by atoms with Crippen LogP contribution in [0, 0.1) is 10.1 Å². The van der Waals surface area contributed by atoms with Crippen LogP contribution in [0.25, 0.3) is 22.5 Å². The monoisotopic (exact) mass is 581 g/mol. The summed E-state index contributed by atoms with van der Waals surface area (Å²) >= 11 is 6.21. The molecule has 214 valence electrons. The van der Waals surface area contributed by atoms with Crippen molar-refractivity contribution in [3.63, 3.8) is 0 Å². The van der Waals surface area contributed by atoms with Gasteiger partial charge in [0.2, 0.25) is 5.82 Å². The van der Waals surface area contributed by atoms with E-state index in [9.17, 15) is 19.7 Å². The fourth-order valence-corrected chi connectivity index (χ4v) is 4.40. The number of hydrogen-bond acceptors (Lipinski definition) is 10. The number of tetrazole rings is 1. The van der Waals surface area contributed by atoms with Gasteiger partial charge >= 0.3 is 6.09 Å². The lowest BCUT2D eigenvalue weighted by Gasteiger charge is -2.11. The zero-order valence-corrected chi connectivity index (χ0v) is 23.1. The van der Waals surface area contributed by atoms with Crippen molar-refractivity contribution in [3.8, 4) is 22.5 Å². The number of aldehydes is 1. The van der Waals surface area contributed by atoms with Crippen LogP contribution in [0.2, 0.25) is 5.15 Å². The second-order valence-corrected chi connectivity index (χ2v) is 9.39. The molecule has 0 radical (unpaired) electrons. The highest BCUT2D eigenvalue weighted by molar-refractivity contribution is 6.31. The Kier molecular flexibility index (Phi) is 10.1. The quantitative estimate of drug-likeness (QED) is 0.0855. The van der Waals surface area contributed by atoms with Gasteiger partial charge in [-0.2, -0.15) is 0 Å². The molecule has 13 nitrogen and oxygen atoms in total. The standard InChI is InChI=1S/C27H28ClN7O6/c1-2-3-10-24-29-25(28)23(18-36)33(24)17-19-11-13-20(14-12-19)21-8-4-5-9-22(21)26-30-32-34(31-26)27(37)40-15-6-7-16-41-35(38)39/h4-5,8-9,11-14,18H,2-3,6-7,10,15-17H2,1H3. The van der Waals surface area contributed by atoms with Crippen LogP contribution in [0.1, 0.15) is 54.5 Å². The highest BCUT2D eigenvalue weighted by Gasteiger charge is 2.18. The highest BCUT2D eigenvalue weighted by atomic mass is 35.5. The zero-order chi connectivity index (χ0) is 29.2. The third kappa shape index (κ3) is 7.51. The summed E-state index contributed by atoms with van der Waals surface area (Å²) in [4.78, 5) is 43.5. The molecular weight excluding hydrogens is 554 g/mol. The highest BCUT2D eigenvalue weighted by Crippen LogP contribution is 2.30. The third-order valence-electron chi connectivity index (χ3n) is 6.22. The largest absolute Gasteiger partial charge is 0.453 e. The van der Waals surface area contributed by atoms with Crippen molar-refractivity contribution >= 4 is 24.0 Å². The number of aromatic nitrogens is 6. The van der Waals surface area contributed by atoms with Gasteiger partial charge in [0.05, 0.1) is 13.2 Å². The average Bonchev–Trinajstić information content (AvgIpc) is 3.58. The van der Waals surface area contributed by atoms with Crippen molar-refractivity contribution in [1.82, 2.24) is 29.8 Å². The van der Waals surface area contributed by atoms with Gasteiger partial charge in [0.15, 0.2) is 11.4 Å². The number of hydrogen-bond donors (Lipinski definition) is 0. The normalized spacial score (nSPS) is 10.9. The van der Waals surface area contributed by atoms with Gasteiger partial charge in [-0.25, -0.2) is 9.78 Å². The van der Waals surface area contributed by atoms with Crippen molar-refractivity contribution in [1.29, 1.82) is 0 Å². The number of halogens is 1. The zero-order valence-electron chi connectivity index (χ0n) is 22.3. The lowest BCUT2D eigenvalue weighted by molar-refractivity contribution is -0.757. The molecule has 0 amide bonds. The molecule has 0 atom stereocenters. The molecule has 0 aliphatic heterocycles. The number of carbonyl (C=O) groups is 2. The molecule has 0 aliphatic rings. The van der Waals surface area contributed by atoms with Gasteiger partial charge in [-0.05, 0) is 41.2 Å². The average molecular weight is 582 g/mol. The number of unbranched alkanes of at least 4 members (excludes halogenated alkanes) is 2. The number of aryl methyl sites for hydroxylation is 1. The topological polar surface area (TPSA) is 157 Å². The Morgan fingerprint density at radius 1 is 1.07 bits per heavy atom. The van der Waals surface area contributed by atoms with Gasteiger partial charge in [-0.1, -0.05) is 78.3 Å². The van der Waals surface area contributed by atoms with Crippen LogP contribution < -0.4 is 0 Å². The van der Waals surface area contributed by atoms with Crippen molar-refractivity contribution in [2.45, 2.75) is 45.6 Å². The number of benzene rings is 2. The molecule has 0 N–H and O–H groups in total. The second kappa shape index (κ2) is 14.1. The molecule has 0 saturated carbocycles. The first-order valence-corrected chi connectivity index (χ1v) is 13.4. The summed E-state index contributed by atoms with van der Waals surface area (Å²) in [5.74, 6) is 1.02. The maximum absolute atomic E-state index is 12.3. The van der Waals surface area contributed by atoms with Gasteiger partial charge in [0, 0.05) is 18.5 Å². The SMILES string of the molecule is CCCCc1nc(Cl)c(C=O)n1Cc1ccc(-c2ccccc2-c2nnn(C(=O)OCCCCO[N+](=O)[O-])n2)cc1. The van der Waals surface area contributed by atoms with Crippen LogP contribution in [-0.2, 0) is 22.5 Å². The summed E-state index contributed by atoms with van der Waals surface area (Å²) in [7, 11) is 0. The molecule has 41 heavy (non-hydrogen) atoms. The molecule has 0 fully saturated rings. The summed E-state index contributed by atoms with van der Waals surface area (Å²) in [5, 5.41) is 21.5. The van der Waals surface area contributed by atoms with Gasteiger partial charge in [-0.15, -0.1) is 20.3 Å². The van der Waals surface area contributed by atoms with E-state index in [1.54, 1.807) is 0 Å². The van der Waals surface area contributed by atoms with E-state index < -0.39 is 11.2 Å². The Balaban J connectivity index is 1.46. The maximum atomic E-state index is 12.3. The van der Waals surface area contributed by atoms with E-state index in [4.69, 9.17) is 16.3 Å². The van der Waals surface area contributed by atoms with E-state index in [2.05, 4.69) is 32.2 Å². The minimum absolute atomic E-state index is 0.0272.